The van der Waals surface area contributed by atoms with Crippen LogP contribution in [0.15, 0.2) is 45.9 Å². The first kappa shape index (κ1) is 16.2. The SMILES string of the molecule is NC(=S)c1ccc(S(=O)(=O)Nc2ncccc2Br)cc1Cl. The van der Waals surface area contributed by atoms with Gasteiger partial charge in [0.2, 0.25) is 0 Å². The van der Waals surface area contributed by atoms with Gasteiger partial charge in [0.25, 0.3) is 10.0 Å². The second-order valence-electron chi connectivity index (χ2n) is 3.95. The van der Waals surface area contributed by atoms with Gasteiger partial charge < -0.3 is 5.73 Å². The minimum atomic E-state index is -3.81. The van der Waals surface area contributed by atoms with E-state index >= 15 is 0 Å². The van der Waals surface area contributed by atoms with E-state index in [1.807, 2.05) is 0 Å². The molecule has 0 saturated heterocycles. The van der Waals surface area contributed by atoms with Gasteiger partial charge in [0.05, 0.1) is 14.4 Å². The second-order valence-corrected chi connectivity index (χ2v) is 7.33. The minimum absolute atomic E-state index is 0.00921. The van der Waals surface area contributed by atoms with Gasteiger partial charge in [-0.25, -0.2) is 13.4 Å². The van der Waals surface area contributed by atoms with Gasteiger partial charge in [-0.05, 0) is 46.3 Å². The highest BCUT2D eigenvalue weighted by atomic mass is 79.9. The summed E-state index contributed by atoms with van der Waals surface area (Å²) >= 11 is 14.0. The molecular formula is C12H9BrClN3O2S2. The van der Waals surface area contributed by atoms with Crippen molar-refractivity contribution < 1.29 is 8.42 Å². The van der Waals surface area contributed by atoms with Crippen molar-refractivity contribution in [1.29, 1.82) is 0 Å². The number of halogens is 2. The number of nitrogens with two attached hydrogens (primary N) is 1. The van der Waals surface area contributed by atoms with Crippen LogP contribution in [0.5, 0.6) is 0 Å². The first-order chi connectivity index (χ1) is 9.81. The van der Waals surface area contributed by atoms with Gasteiger partial charge in [-0.2, -0.15) is 0 Å². The Kier molecular flexibility index (Phi) is 4.82. The number of rotatable bonds is 4. The lowest BCUT2D eigenvalue weighted by Crippen LogP contribution is -2.15. The fourth-order valence-electron chi connectivity index (χ4n) is 1.51. The van der Waals surface area contributed by atoms with Gasteiger partial charge in [-0.3, -0.25) is 4.72 Å². The Labute approximate surface area is 140 Å². The van der Waals surface area contributed by atoms with E-state index in [0.29, 0.717) is 10.0 Å². The molecule has 5 nitrogen and oxygen atoms in total. The first-order valence-electron chi connectivity index (χ1n) is 5.54. The number of aromatic nitrogens is 1. The molecule has 1 aromatic carbocycles. The molecule has 2 aromatic rings. The molecule has 3 N–H and O–H groups in total. The largest absolute Gasteiger partial charge is 0.389 e. The van der Waals surface area contributed by atoms with Crippen molar-refractivity contribution in [2.45, 2.75) is 4.90 Å². The van der Waals surface area contributed by atoms with E-state index < -0.39 is 10.0 Å². The van der Waals surface area contributed by atoms with Crippen LogP contribution in [0.2, 0.25) is 5.02 Å². The van der Waals surface area contributed by atoms with Gasteiger partial charge in [-0.1, -0.05) is 23.8 Å². The lowest BCUT2D eigenvalue weighted by atomic mass is 10.2. The monoisotopic (exact) mass is 405 g/mol. The van der Waals surface area contributed by atoms with Crippen molar-refractivity contribution >= 4 is 60.6 Å². The number of anilines is 1. The Balaban J connectivity index is 2.39. The summed E-state index contributed by atoms with van der Waals surface area (Å²) in [7, 11) is -3.81. The maximum absolute atomic E-state index is 12.3. The molecule has 1 heterocycles. The highest BCUT2D eigenvalue weighted by Crippen LogP contribution is 2.25. The summed E-state index contributed by atoms with van der Waals surface area (Å²) < 4.78 is 27.5. The molecule has 0 atom stereocenters. The summed E-state index contributed by atoms with van der Waals surface area (Å²) in [6, 6.07) is 7.48. The summed E-state index contributed by atoms with van der Waals surface area (Å²) in [4.78, 5) is 4.04. The number of sulfonamides is 1. The van der Waals surface area contributed by atoms with Gasteiger partial charge in [0.1, 0.15) is 4.99 Å². The first-order valence-corrected chi connectivity index (χ1v) is 8.60. The number of thiocarbonyl (C=S) groups is 1. The molecule has 1 aromatic heterocycles. The summed E-state index contributed by atoms with van der Waals surface area (Å²) in [5.41, 5.74) is 5.90. The Bertz CT molecular complexity index is 812. The van der Waals surface area contributed by atoms with Gasteiger partial charge >= 0.3 is 0 Å². The van der Waals surface area contributed by atoms with E-state index in [0.717, 1.165) is 0 Å². The number of benzene rings is 1. The quantitative estimate of drug-likeness (QED) is 0.763. The third kappa shape index (κ3) is 3.70. The fourth-order valence-corrected chi connectivity index (χ4v) is 3.63. The molecule has 0 saturated carbocycles. The lowest BCUT2D eigenvalue weighted by molar-refractivity contribution is 0.601. The van der Waals surface area contributed by atoms with E-state index in [1.54, 1.807) is 12.1 Å². The third-order valence-electron chi connectivity index (χ3n) is 2.51. The number of nitrogens with one attached hydrogen (secondary N) is 1. The van der Waals surface area contributed by atoms with Crippen LogP contribution in [0.4, 0.5) is 5.82 Å². The zero-order valence-corrected chi connectivity index (χ0v) is 14.4. The van der Waals surface area contributed by atoms with Gasteiger partial charge in [-0.15, -0.1) is 0 Å². The van der Waals surface area contributed by atoms with Crippen LogP contribution < -0.4 is 10.5 Å². The van der Waals surface area contributed by atoms with Crippen LogP contribution in [0.1, 0.15) is 5.56 Å². The van der Waals surface area contributed by atoms with Gasteiger partial charge in [0, 0.05) is 11.8 Å². The summed E-state index contributed by atoms with van der Waals surface area (Å²) in [6.07, 6.45) is 1.48. The molecular weight excluding hydrogens is 398 g/mol. The summed E-state index contributed by atoms with van der Waals surface area (Å²) in [5, 5.41) is 0.172. The van der Waals surface area contributed by atoms with Crippen molar-refractivity contribution in [1.82, 2.24) is 4.98 Å². The molecule has 0 bridgehead atoms. The van der Waals surface area contributed by atoms with Crippen LogP contribution in [-0.2, 0) is 10.0 Å². The van der Waals surface area contributed by atoms with E-state index in [-0.39, 0.29) is 20.7 Å². The van der Waals surface area contributed by atoms with Crippen molar-refractivity contribution in [3.05, 3.63) is 51.6 Å². The molecule has 110 valence electrons. The zero-order chi connectivity index (χ0) is 15.6. The highest BCUT2D eigenvalue weighted by Gasteiger charge is 2.18. The average Bonchev–Trinajstić information content (AvgIpc) is 2.40. The number of pyridine rings is 1. The summed E-state index contributed by atoms with van der Waals surface area (Å²) in [6.45, 7) is 0. The van der Waals surface area contributed by atoms with Crippen LogP contribution in [0, 0.1) is 0 Å². The number of hydrogen-bond acceptors (Lipinski definition) is 4. The third-order valence-corrected chi connectivity index (χ3v) is 5.01. The Morgan fingerprint density at radius 2 is 2.10 bits per heavy atom. The zero-order valence-electron chi connectivity index (χ0n) is 10.4. The number of nitrogens with zero attached hydrogens (tertiary/aromatic N) is 1. The maximum Gasteiger partial charge on any atom is 0.263 e. The predicted octanol–water partition coefficient (Wildman–Crippen LogP) is 2.93. The normalized spacial score (nSPS) is 11.1. The highest BCUT2D eigenvalue weighted by molar-refractivity contribution is 9.10. The molecule has 0 fully saturated rings. The topological polar surface area (TPSA) is 85.1 Å². The van der Waals surface area contributed by atoms with E-state index in [1.165, 1.54) is 24.4 Å². The maximum atomic E-state index is 12.3. The van der Waals surface area contributed by atoms with Crippen LogP contribution in [-0.4, -0.2) is 18.4 Å². The van der Waals surface area contributed by atoms with Crippen molar-refractivity contribution in [2.24, 2.45) is 5.73 Å². The van der Waals surface area contributed by atoms with Crippen LogP contribution >= 0.6 is 39.7 Å². The molecule has 0 aliphatic rings. The molecule has 21 heavy (non-hydrogen) atoms. The molecule has 2 rings (SSSR count). The van der Waals surface area contributed by atoms with E-state index in [2.05, 4.69) is 25.6 Å². The smallest absolute Gasteiger partial charge is 0.263 e. The predicted molar refractivity (Wildman–Crippen MR) is 90.1 cm³/mol. The Morgan fingerprint density at radius 1 is 1.38 bits per heavy atom. The molecule has 0 aliphatic carbocycles. The second kappa shape index (κ2) is 6.27. The molecule has 0 spiro atoms. The minimum Gasteiger partial charge on any atom is -0.389 e. The van der Waals surface area contributed by atoms with Crippen LogP contribution in [0.25, 0.3) is 0 Å². The molecule has 0 unspecified atom stereocenters. The molecule has 0 amide bonds. The standard InChI is InChI=1S/C12H9BrClN3O2S2/c13-9-2-1-5-16-12(9)17-21(18,19)7-3-4-8(11(15)20)10(14)6-7/h1-6H,(H2,15,20)(H,16,17). The van der Waals surface area contributed by atoms with Crippen molar-refractivity contribution in [3.63, 3.8) is 0 Å². The van der Waals surface area contributed by atoms with Crippen LogP contribution in [0.3, 0.4) is 0 Å². The van der Waals surface area contributed by atoms with Crippen molar-refractivity contribution in [2.75, 3.05) is 4.72 Å². The lowest BCUT2D eigenvalue weighted by Gasteiger charge is -2.10. The molecule has 0 aliphatic heterocycles. The fraction of sp³-hybridized carbons (Fsp3) is 0. The molecule has 0 radical (unpaired) electrons. The summed E-state index contributed by atoms with van der Waals surface area (Å²) in [5.74, 6) is 0.187. The molecule has 9 heteroatoms. The van der Waals surface area contributed by atoms with E-state index in [9.17, 15) is 8.42 Å². The van der Waals surface area contributed by atoms with E-state index in [4.69, 9.17) is 29.6 Å². The number of hydrogen-bond donors (Lipinski definition) is 2. The Hall–Kier alpha value is -1.22. The van der Waals surface area contributed by atoms with Crippen molar-refractivity contribution in [3.8, 4) is 0 Å². The average molecular weight is 407 g/mol. The van der Waals surface area contributed by atoms with Gasteiger partial charge in [0.15, 0.2) is 5.82 Å². The Morgan fingerprint density at radius 3 is 2.67 bits per heavy atom.